The average Bonchev–Trinajstić information content (AvgIpc) is 2.75. The van der Waals surface area contributed by atoms with Crippen molar-refractivity contribution in [3.63, 3.8) is 0 Å². The summed E-state index contributed by atoms with van der Waals surface area (Å²) in [5, 5.41) is 0. The fourth-order valence-corrected chi connectivity index (χ4v) is 6.95. The molecule has 0 aromatic heterocycles. The Hall–Kier alpha value is -1.11. The predicted octanol–water partition coefficient (Wildman–Crippen LogP) is 3.72. The number of fused-ring (bicyclic) bond motifs is 2. The Morgan fingerprint density at radius 2 is 1.89 bits per heavy atom. The van der Waals surface area contributed by atoms with Gasteiger partial charge < -0.3 is 4.79 Å². The molecule has 3 bridgehead atoms. The number of carbonyl (C=O) groups is 1. The summed E-state index contributed by atoms with van der Waals surface area (Å²) in [5.41, 5.74) is 2.41. The summed E-state index contributed by atoms with van der Waals surface area (Å²) in [7, 11) is 0. The monoisotopic (exact) mass is 252 g/mol. The van der Waals surface area contributed by atoms with Crippen LogP contribution in [0.1, 0.15) is 44.1 Å². The number of aldehydes is 1. The summed E-state index contributed by atoms with van der Waals surface area (Å²) >= 11 is 0. The number of hydrogen-bond acceptors (Lipinski definition) is 1. The molecular formula is C18H20O. The predicted molar refractivity (Wildman–Crippen MR) is 73.7 cm³/mol. The third kappa shape index (κ3) is 0.978. The smallest absolute Gasteiger partial charge is 0.126 e. The fourth-order valence-electron chi connectivity index (χ4n) is 6.95. The second kappa shape index (κ2) is 2.97. The second-order valence-electron chi connectivity index (χ2n) is 7.85. The standard InChI is InChI=1S/C18H20O/c19-12-16-7-13-6-15-9-18(11-16,17(15,8-13)10-16)14-4-2-1-3-5-14/h1-5,12-13,15H,6-11H2. The first-order valence-corrected chi connectivity index (χ1v) is 7.74. The Morgan fingerprint density at radius 3 is 2.68 bits per heavy atom. The molecule has 0 N–H and O–H groups in total. The van der Waals surface area contributed by atoms with Gasteiger partial charge in [0.05, 0.1) is 0 Å². The van der Waals surface area contributed by atoms with Gasteiger partial charge in [0.1, 0.15) is 6.29 Å². The fraction of sp³-hybridized carbons (Fsp3) is 0.611. The lowest BCUT2D eigenvalue weighted by molar-refractivity contribution is -0.118. The van der Waals surface area contributed by atoms with Gasteiger partial charge in [-0.05, 0) is 61.3 Å². The molecule has 4 aliphatic rings. The molecule has 5 rings (SSSR count). The summed E-state index contributed by atoms with van der Waals surface area (Å²) in [4.78, 5) is 11.8. The maximum atomic E-state index is 11.8. The largest absolute Gasteiger partial charge is 0.303 e. The van der Waals surface area contributed by atoms with E-state index >= 15 is 0 Å². The van der Waals surface area contributed by atoms with Crippen molar-refractivity contribution in [3.8, 4) is 0 Å². The van der Waals surface area contributed by atoms with Crippen LogP contribution in [0, 0.1) is 22.7 Å². The van der Waals surface area contributed by atoms with Gasteiger partial charge in [0.2, 0.25) is 0 Å². The van der Waals surface area contributed by atoms with Crippen LogP contribution < -0.4 is 0 Å². The quantitative estimate of drug-likeness (QED) is 0.733. The van der Waals surface area contributed by atoms with Crippen molar-refractivity contribution in [2.24, 2.45) is 22.7 Å². The zero-order valence-electron chi connectivity index (χ0n) is 11.3. The molecule has 5 unspecified atom stereocenters. The van der Waals surface area contributed by atoms with E-state index in [1.807, 2.05) is 0 Å². The van der Waals surface area contributed by atoms with Gasteiger partial charge in [-0.3, -0.25) is 0 Å². The molecule has 98 valence electrons. The summed E-state index contributed by atoms with van der Waals surface area (Å²) in [6, 6.07) is 11.1. The molecule has 1 aromatic carbocycles. The van der Waals surface area contributed by atoms with Crippen LogP contribution >= 0.6 is 0 Å². The molecule has 19 heavy (non-hydrogen) atoms. The number of rotatable bonds is 2. The molecule has 0 amide bonds. The summed E-state index contributed by atoms with van der Waals surface area (Å²) in [5.74, 6) is 1.76. The Labute approximate surface area is 114 Å². The van der Waals surface area contributed by atoms with E-state index in [0.717, 1.165) is 18.3 Å². The maximum Gasteiger partial charge on any atom is 0.126 e. The number of hydrogen-bond donors (Lipinski definition) is 0. The van der Waals surface area contributed by atoms with Crippen molar-refractivity contribution >= 4 is 6.29 Å². The molecule has 1 spiro atoms. The van der Waals surface area contributed by atoms with Crippen LogP contribution in [0.15, 0.2) is 30.3 Å². The van der Waals surface area contributed by atoms with Gasteiger partial charge in [-0.1, -0.05) is 30.3 Å². The van der Waals surface area contributed by atoms with E-state index < -0.39 is 0 Å². The minimum Gasteiger partial charge on any atom is -0.303 e. The molecule has 4 fully saturated rings. The van der Waals surface area contributed by atoms with Crippen molar-refractivity contribution in [2.45, 2.75) is 43.9 Å². The molecule has 0 aliphatic heterocycles. The number of benzene rings is 1. The molecule has 0 heterocycles. The van der Waals surface area contributed by atoms with E-state index in [9.17, 15) is 4.79 Å². The van der Waals surface area contributed by atoms with Crippen molar-refractivity contribution < 1.29 is 4.79 Å². The van der Waals surface area contributed by atoms with Crippen LogP contribution in [-0.2, 0) is 10.2 Å². The highest BCUT2D eigenvalue weighted by Gasteiger charge is 2.78. The Bertz CT molecular complexity index is 564. The molecule has 5 atom stereocenters. The van der Waals surface area contributed by atoms with Crippen LogP contribution in [0.2, 0.25) is 0 Å². The van der Waals surface area contributed by atoms with E-state index in [-0.39, 0.29) is 5.41 Å². The van der Waals surface area contributed by atoms with Gasteiger partial charge in [-0.2, -0.15) is 0 Å². The minimum absolute atomic E-state index is 0.0318. The molecule has 4 saturated carbocycles. The van der Waals surface area contributed by atoms with Crippen LogP contribution in [0.3, 0.4) is 0 Å². The Balaban J connectivity index is 1.72. The normalized spacial score (nSPS) is 52.8. The summed E-state index contributed by atoms with van der Waals surface area (Å²) < 4.78 is 0. The summed E-state index contributed by atoms with van der Waals surface area (Å²) in [6.45, 7) is 0. The Kier molecular flexibility index (Phi) is 1.67. The highest BCUT2D eigenvalue weighted by Crippen LogP contribution is 2.83. The van der Waals surface area contributed by atoms with E-state index in [4.69, 9.17) is 0 Å². The zero-order chi connectivity index (χ0) is 12.7. The van der Waals surface area contributed by atoms with E-state index in [2.05, 4.69) is 30.3 Å². The number of carbonyl (C=O) groups excluding carboxylic acids is 1. The van der Waals surface area contributed by atoms with Crippen LogP contribution in [0.25, 0.3) is 0 Å². The van der Waals surface area contributed by atoms with Gasteiger partial charge >= 0.3 is 0 Å². The topological polar surface area (TPSA) is 17.1 Å². The van der Waals surface area contributed by atoms with Gasteiger partial charge in [0.25, 0.3) is 0 Å². The lowest BCUT2D eigenvalue weighted by atomic mass is 9.44. The molecule has 1 nitrogen and oxygen atoms in total. The van der Waals surface area contributed by atoms with Crippen molar-refractivity contribution in [2.75, 3.05) is 0 Å². The molecule has 0 saturated heterocycles. The van der Waals surface area contributed by atoms with Gasteiger partial charge in [-0.15, -0.1) is 0 Å². The van der Waals surface area contributed by atoms with Gasteiger partial charge in [-0.25, -0.2) is 0 Å². The van der Waals surface area contributed by atoms with E-state index in [0.29, 0.717) is 10.8 Å². The van der Waals surface area contributed by atoms with Gasteiger partial charge in [0, 0.05) is 10.8 Å². The van der Waals surface area contributed by atoms with Crippen molar-refractivity contribution in [1.82, 2.24) is 0 Å². The average molecular weight is 252 g/mol. The third-order valence-corrected chi connectivity index (χ3v) is 7.19. The van der Waals surface area contributed by atoms with Crippen LogP contribution in [0.5, 0.6) is 0 Å². The summed E-state index contributed by atoms with van der Waals surface area (Å²) in [6.07, 6.45) is 9.02. The van der Waals surface area contributed by atoms with Crippen molar-refractivity contribution in [3.05, 3.63) is 35.9 Å². The highest BCUT2D eigenvalue weighted by atomic mass is 16.1. The lowest BCUT2D eigenvalue weighted by Gasteiger charge is -2.59. The first kappa shape index (κ1) is 10.7. The lowest BCUT2D eigenvalue weighted by Crippen LogP contribution is -2.55. The zero-order valence-corrected chi connectivity index (χ0v) is 11.3. The minimum atomic E-state index is 0.0318. The maximum absolute atomic E-state index is 11.8. The van der Waals surface area contributed by atoms with Crippen LogP contribution in [-0.4, -0.2) is 6.29 Å². The molecule has 1 aromatic rings. The molecule has 0 radical (unpaired) electrons. The van der Waals surface area contributed by atoms with E-state index in [1.54, 1.807) is 0 Å². The van der Waals surface area contributed by atoms with Gasteiger partial charge in [0.15, 0.2) is 0 Å². The molecule has 1 heteroatoms. The Morgan fingerprint density at radius 1 is 1.05 bits per heavy atom. The van der Waals surface area contributed by atoms with E-state index in [1.165, 1.54) is 44.0 Å². The molecular weight excluding hydrogens is 232 g/mol. The third-order valence-electron chi connectivity index (χ3n) is 7.19. The van der Waals surface area contributed by atoms with Crippen LogP contribution in [0.4, 0.5) is 0 Å². The highest BCUT2D eigenvalue weighted by molar-refractivity contribution is 5.64. The molecule has 4 aliphatic carbocycles. The first-order chi connectivity index (χ1) is 9.22. The second-order valence-corrected chi connectivity index (χ2v) is 7.85. The van der Waals surface area contributed by atoms with Crippen molar-refractivity contribution in [1.29, 1.82) is 0 Å². The SMILES string of the molecule is O=CC12CC3CC4CC(c5ccccc5)(C1)C4(C3)C2. The first-order valence-electron chi connectivity index (χ1n) is 7.74.